The number of ether oxygens (including phenoxy) is 1. The second-order valence-electron chi connectivity index (χ2n) is 6.64. The number of fused-ring (bicyclic) bond motifs is 2. The van der Waals surface area contributed by atoms with Crippen molar-refractivity contribution in [3.8, 4) is 17.1 Å². The number of nitrogens with zero attached hydrogens (tertiary/aromatic N) is 3. The van der Waals surface area contributed by atoms with Gasteiger partial charge in [-0.05, 0) is 43.7 Å². The zero-order chi connectivity index (χ0) is 19.5. The number of aliphatic imine (C=N–C) groups is 1. The van der Waals surface area contributed by atoms with Gasteiger partial charge in [0.2, 0.25) is 0 Å². The number of anilines is 1. The van der Waals surface area contributed by atoms with Crippen LogP contribution in [-0.4, -0.2) is 40.5 Å². The molecule has 28 heavy (non-hydrogen) atoms. The van der Waals surface area contributed by atoms with E-state index in [4.69, 9.17) is 9.72 Å². The summed E-state index contributed by atoms with van der Waals surface area (Å²) in [6.45, 7) is 4.36. The molecule has 2 N–H and O–H groups in total. The fourth-order valence-corrected chi connectivity index (χ4v) is 3.49. The Kier molecular flexibility index (Phi) is 5.12. The first-order valence-corrected chi connectivity index (χ1v) is 9.56. The summed E-state index contributed by atoms with van der Waals surface area (Å²) in [5.74, 6) is 2.31. The Morgan fingerprint density at radius 1 is 1.32 bits per heavy atom. The average Bonchev–Trinajstić information content (AvgIpc) is 3.17. The Balaban J connectivity index is 1.84. The van der Waals surface area contributed by atoms with Gasteiger partial charge in [0, 0.05) is 6.21 Å². The van der Waals surface area contributed by atoms with Crippen molar-refractivity contribution in [2.75, 3.05) is 18.1 Å². The van der Waals surface area contributed by atoms with E-state index in [0.29, 0.717) is 6.61 Å². The average molecular weight is 376 g/mol. The van der Waals surface area contributed by atoms with Gasteiger partial charge in [-0.2, -0.15) is 0 Å². The van der Waals surface area contributed by atoms with Crippen LogP contribution in [0.5, 0.6) is 5.75 Å². The van der Waals surface area contributed by atoms with E-state index < -0.39 is 0 Å². The van der Waals surface area contributed by atoms with Crippen LogP contribution in [0, 0.1) is 0 Å². The lowest BCUT2D eigenvalue weighted by molar-refractivity contribution is 0.192. The van der Waals surface area contributed by atoms with Crippen molar-refractivity contribution in [3.63, 3.8) is 0 Å². The Bertz CT molecular complexity index is 1000. The number of nitrogens with one attached hydrogen (secondary N) is 1. The molecule has 0 radical (unpaired) electrons. The maximum atomic E-state index is 9.92. The van der Waals surface area contributed by atoms with E-state index >= 15 is 0 Å². The standard InChI is InChI=1S/C22H24N4O2/c1-3-12-23-20(4-2)26-15(13-27)14-28-21-16(8-7-11-19(21)26)22-24-17-9-5-6-10-18(17)25-22/h4-12,15,27H,3,13-14H2,1-2H3,(H,24,25)/b20-4+,23-12?/t15-/m0/s1. The Morgan fingerprint density at radius 2 is 2.18 bits per heavy atom. The maximum Gasteiger partial charge on any atom is 0.154 e. The lowest BCUT2D eigenvalue weighted by atomic mass is 10.1. The summed E-state index contributed by atoms with van der Waals surface area (Å²) in [5.41, 5.74) is 3.67. The molecule has 0 unspecified atom stereocenters. The number of H-pyrrole nitrogens is 1. The Morgan fingerprint density at radius 3 is 2.93 bits per heavy atom. The highest BCUT2D eigenvalue weighted by Crippen LogP contribution is 2.43. The van der Waals surface area contributed by atoms with Crippen molar-refractivity contribution in [2.45, 2.75) is 26.3 Å². The first-order chi connectivity index (χ1) is 13.8. The molecule has 0 saturated heterocycles. The Labute approximate surface area is 164 Å². The fourth-order valence-electron chi connectivity index (χ4n) is 3.49. The molecule has 6 heteroatoms. The molecule has 0 aliphatic carbocycles. The van der Waals surface area contributed by atoms with Crippen molar-refractivity contribution < 1.29 is 9.84 Å². The second kappa shape index (κ2) is 7.86. The highest BCUT2D eigenvalue weighted by molar-refractivity contribution is 5.84. The van der Waals surface area contributed by atoms with E-state index in [-0.39, 0.29) is 12.6 Å². The first-order valence-electron chi connectivity index (χ1n) is 9.56. The highest BCUT2D eigenvalue weighted by Gasteiger charge is 2.31. The molecule has 0 bridgehead atoms. The van der Waals surface area contributed by atoms with Crippen LogP contribution in [0.1, 0.15) is 20.3 Å². The molecular formula is C22H24N4O2. The van der Waals surface area contributed by atoms with E-state index in [9.17, 15) is 5.11 Å². The molecule has 2 heterocycles. The molecule has 1 aliphatic rings. The van der Waals surface area contributed by atoms with Crippen LogP contribution in [0.3, 0.4) is 0 Å². The summed E-state index contributed by atoms with van der Waals surface area (Å²) in [5, 5.41) is 9.92. The number of benzene rings is 2. The predicted molar refractivity (Wildman–Crippen MR) is 113 cm³/mol. The van der Waals surface area contributed by atoms with Crippen molar-refractivity contribution >= 4 is 22.9 Å². The summed E-state index contributed by atoms with van der Waals surface area (Å²) in [7, 11) is 0. The van der Waals surface area contributed by atoms with Gasteiger partial charge in [-0.1, -0.05) is 25.1 Å². The van der Waals surface area contributed by atoms with E-state index in [1.54, 1.807) is 0 Å². The highest BCUT2D eigenvalue weighted by atomic mass is 16.5. The summed E-state index contributed by atoms with van der Waals surface area (Å²) in [6.07, 6.45) is 4.68. The van der Waals surface area contributed by atoms with E-state index in [1.165, 1.54) is 0 Å². The number of allylic oxidation sites excluding steroid dienone is 1. The largest absolute Gasteiger partial charge is 0.488 e. The van der Waals surface area contributed by atoms with Crippen LogP contribution in [0.15, 0.2) is 59.4 Å². The lowest BCUT2D eigenvalue weighted by Crippen LogP contribution is -2.44. The van der Waals surface area contributed by atoms with E-state index in [1.807, 2.05) is 68.6 Å². The number of hydrogen-bond donors (Lipinski definition) is 2. The minimum Gasteiger partial charge on any atom is -0.488 e. The number of imidazole rings is 1. The molecule has 1 aliphatic heterocycles. The molecule has 6 nitrogen and oxygen atoms in total. The summed E-state index contributed by atoms with van der Waals surface area (Å²) in [4.78, 5) is 14.7. The first kappa shape index (κ1) is 18.3. The van der Waals surface area contributed by atoms with Crippen LogP contribution in [-0.2, 0) is 0 Å². The summed E-state index contributed by atoms with van der Waals surface area (Å²) >= 11 is 0. The van der Waals surface area contributed by atoms with Crippen LogP contribution < -0.4 is 9.64 Å². The number of aliphatic hydroxyl groups is 1. The van der Waals surface area contributed by atoms with Crippen molar-refractivity contribution in [2.24, 2.45) is 4.99 Å². The third-order valence-electron chi connectivity index (χ3n) is 4.81. The zero-order valence-corrected chi connectivity index (χ0v) is 16.1. The monoisotopic (exact) mass is 376 g/mol. The minimum atomic E-state index is -0.196. The molecule has 1 aromatic heterocycles. The van der Waals surface area contributed by atoms with Crippen LogP contribution in [0.2, 0.25) is 0 Å². The maximum absolute atomic E-state index is 9.92. The van der Waals surface area contributed by atoms with Crippen LogP contribution in [0.25, 0.3) is 22.4 Å². The lowest BCUT2D eigenvalue weighted by Gasteiger charge is -2.38. The van der Waals surface area contributed by atoms with E-state index in [0.717, 1.165) is 46.1 Å². The van der Waals surface area contributed by atoms with Gasteiger partial charge in [0.1, 0.15) is 18.3 Å². The van der Waals surface area contributed by atoms with Crippen LogP contribution in [0.4, 0.5) is 5.69 Å². The van der Waals surface area contributed by atoms with Crippen molar-refractivity contribution in [1.82, 2.24) is 9.97 Å². The number of aromatic amines is 1. The zero-order valence-electron chi connectivity index (χ0n) is 16.1. The molecule has 144 valence electrons. The molecule has 2 aromatic carbocycles. The number of hydrogen-bond acceptors (Lipinski definition) is 5. The molecule has 0 spiro atoms. The van der Waals surface area contributed by atoms with Gasteiger partial charge in [0.05, 0.1) is 34.9 Å². The molecule has 3 aromatic rings. The topological polar surface area (TPSA) is 73.7 Å². The molecule has 0 fully saturated rings. The third-order valence-corrected chi connectivity index (χ3v) is 4.81. The smallest absolute Gasteiger partial charge is 0.154 e. The second-order valence-corrected chi connectivity index (χ2v) is 6.64. The van der Waals surface area contributed by atoms with Crippen molar-refractivity contribution in [3.05, 3.63) is 54.4 Å². The van der Waals surface area contributed by atoms with Gasteiger partial charge in [0.25, 0.3) is 0 Å². The van der Waals surface area contributed by atoms with Gasteiger partial charge in [-0.15, -0.1) is 0 Å². The number of para-hydroxylation sites is 3. The van der Waals surface area contributed by atoms with Crippen molar-refractivity contribution in [1.29, 1.82) is 0 Å². The molecule has 0 saturated carbocycles. The third kappa shape index (κ3) is 3.16. The fraction of sp³-hybridized carbons (Fsp3) is 0.273. The number of aromatic nitrogens is 2. The molecule has 0 amide bonds. The summed E-state index contributed by atoms with van der Waals surface area (Å²) in [6, 6.07) is 13.7. The number of rotatable bonds is 5. The quantitative estimate of drug-likeness (QED) is 0.657. The van der Waals surface area contributed by atoms with Gasteiger partial charge < -0.3 is 19.7 Å². The predicted octanol–water partition coefficient (Wildman–Crippen LogP) is 4.13. The van der Waals surface area contributed by atoms with E-state index in [2.05, 4.69) is 14.9 Å². The van der Waals surface area contributed by atoms with Gasteiger partial charge >= 0.3 is 0 Å². The molecule has 4 rings (SSSR count). The van der Waals surface area contributed by atoms with Gasteiger partial charge in [0.15, 0.2) is 5.75 Å². The molecular weight excluding hydrogens is 352 g/mol. The SMILES string of the molecule is C/C=C(\N=CCC)N1c2cccc(-c3nc4ccccc4[nH]3)c2OC[C@@H]1CO. The van der Waals surface area contributed by atoms with Crippen LogP contribution >= 0.6 is 0 Å². The van der Waals surface area contributed by atoms with Gasteiger partial charge in [-0.3, -0.25) is 0 Å². The molecule has 1 atom stereocenters. The normalized spacial score (nSPS) is 17.2. The number of aliphatic hydroxyl groups excluding tert-OH is 1. The minimum absolute atomic E-state index is 0.0205. The summed E-state index contributed by atoms with van der Waals surface area (Å²) < 4.78 is 6.10. The van der Waals surface area contributed by atoms with Gasteiger partial charge in [-0.25, -0.2) is 9.98 Å². The Hall–Kier alpha value is -3.12.